The predicted octanol–water partition coefficient (Wildman–Crippen LogP) is 3.83. The van der Waals surface area contributed by atoms with Crippen molar-refractivity contribution < 1.29 is 4.79 Å². The highest BCUT2D eigenvalue weighted by Crippen LogP contribution is 2.28. The number of hydrogen-bond donors (Lipinski definition) is 2. The Labute approximate surface area is 129 Å². The van der Waals surface area contributed by atoms with Crippen molar-refractivity contribution in [2.45, 2.75) is 50.6 Å². The van der Waals surface area contributed by atoms with Crippen LogP contribution in [0.4, 0.5) is 0 Å². The van der Waals surface area contributed by atoms with E-state index in [2.05, 4.69) is 5.32 Å². The van der Waals surface area contributed by atoms with Gasteiger partial charge in [0.15, 0.2) is 0 Å². The number of nitrogens with one attached hydrogen (secondary N) is 1. The third-order valence-electron chi connectivity index (χ3n) is 3.82. The minimum Gasteiger partial charge on any atom is -0.368 e. The van der Waals surface area contributed by atoms with Gasteiger partial charge in [-0.05, 0) is 30.5 Å². The maximum absolute atomic E-state index is 11.8. The lowest BCUT2D eigenvalue weighted by Gasteiger charge is -2.24. The molecule has 0 saturated heterocycles. The van der Waals surface area contributed by atoms with E-state index < -0.39 is 11.9 Å². The van der Waals surface area contributed by atoms with Crippen LogP contribution in [0.15, 0.2) is 18.2 Å². The first-order valence-corrected chi connectivity index (χ1v) is 7.84. The molecule has 0 bridgehead atoms. The summed E-state index contributed by atoms with van der Waals surface area (Å²) in [5, 5.41) is 4.40. The average molecular weight is 315 g/mol. The van der Waals surface area contributed by atoms with E-state index in [0.29, 0.717) is 21.7 Å². The van der Waals surface area contributed by atoms with Crippen molar-refractivity contribution in [2.24, 2.45) is 5.73 Å². The zero-order valence-electron chi connectivity index (χ0n) is 11.4. The third kappa shape index (κ3) is 4.11. The van der Waals surface area contributed by atoms with Gasteiger partial charge in [-0.3, -0.25) is 10.1 Å². The van der Waals surface area contributed by atoms with Crippen LogP contribution in [-0.4, -0.2) is 11.9 Å². The summed E-state index contributed by atoms with van der Waals surface area (Å²) in [5.74, 6) is -0.404. The molecule has 1 aromatic rings. The van der Waals surface area contributed by atoms with Crippen molar-refractivity contribution in [1.82, 2.24) is 5.32 Å². The lowest BCUT2D eigenvalue weighted by atomic mass is 10.0. The molecule has 0 heterocycles. The molecule has 1 saturated carbocycles. The number of benzene rings is 1. The Kier molecular flexibility index (Phi) is 5.70. The van der Waals surface area contributed by atoms with E-state index in [4.69, 9.17) is 28.9 Å². The SMILES string of the molecule is NC(=O)C(NC1CCCCCC1)c1ccc(Cl)cc1Cl. The molecule has 1 unspecified atom stereocenters. The van der Waals surface area contributed by atoms with E-state index in [-0.39, 0.29) is 0 Å². The quantitative estimate of drug-likeness (QED) is 0.830. The summed E-state index contributed by atoms with van der Waals surface area (Å²) in [5.41, 5.74) is 6.24. The zero-order chi connectivity index (χ0) is 14.5. The van der Waals surface area contributed by atoms with Crippen LogP contribution in [0.2, 0.25) is 10.0 Å². The van der Waals surface area contributed by atoms with E-state index >= 15 is 0 Å². The zero-order valence-corrected chi connectivity index (χ0v) is 12.9. The van der Waals surface area contributed by atoms with Gasteiger partial charge in [0.05, 0.1) is 0 Å². The Bertz CT molecular complexity index is 471. The number of hydrogen-bond acceptors (Lipinski definition) is 2. The molecular formula is C15H20Cl2N2O. The van der Waals surface area contributed by atoms with Crippen molar-refractivity contribution in [1.29, 1.82) is 0 Å². The normalized spacial score (nSPS) is 18.5. The fraction of sp³-hybridized carbons (Fsp3) is 0.533. The number of nitrogens with two attached hydrogens (primary N) is 1. The van der Waals surface area contributed by atoms with Gasteiger partial charge in [0.2, 0.25) is 5.91 Å². The van der Waals surface area contributed by atoms with Gasteiger partial charge in [-0.1, -0.05) is 55.0 Å². The number of primary amides is 1. The molecule has 1 aliphatic carbocycles. The second kappa shape index (κ2) is 7.30. The van der Waals surface area contributed by atoms with Gasteiger partial charge in [0.1, 0.15) is 6.04 Å². The first-order valence-electron chi connectivity index (χ1n) is 7.08. The molecule has 1 fully saturated rings. The predicted molar refractivity (Wildman–Crippen MR) is 83.0 cm³/mol. The molecule has 1 aliphatic rings. The Morgan fingerprint density at radius 2 is 1.85 bits per heavy atom. The minimum atomic E-state index is -0.553. The molecule has 1 aromatic carbocycles. The Morgan fingerprint density at radius 1 is 1.20 bits per heavy atom. The van der Waals surface area contributed by atoms with Crippen LogP contribution in [0.25, 0.3) is 0 Å². The molecule has 0 aliphatic heterocycles. The van der Waals surface area contributed by atoms with Gasteiger partial charge in [0.25, 0.3) is 0 Å². The average Bonchev–Trinajstić information content (AvgIpc) is 2.65. The topological polar surface area (TPSA) is 55.1 Å². The summed E-state index contributed by atoms with van der Waals surface area (Å²) in [7, 11) is 0. The standard InChI is InChI=1S/C15H20Cl2N2O/c16-10-7-8-12(13(17)9-10)14(15(18)20)19-11-5-3-1-2-4-6-11/h7-9,11,14,19H,1-6H2,(H2,18,20). The monoisotopic (exact) mass is 314 g/mol. The lowest BCUT2D eigenvalue weighted by Crippen LogP contribution is -2.40. The molecule has 2 rings (SSSR count). The summed E-state index contributed by atoms with van der Waals surface area (Å²) >= 11 is 12.1. The minimum absolute atomic E-state index is 0.321. The molecule has 110 valence electrons. The summed E-state index contributed by atoms with van der Waals surface area (Å²) in [4.78, 5) is 11.8. The van der Waals surface area contributed by atoms with Crippen molar-refractivity contribution in [3.63, 3.8) is 0 Å². The van der Waals surface area contributed by atoms with Gasteiger partial charge >= 0.3 is 0 Å². The third-order valence-corrected chi connectivity index (χ3v) is 4.38. The largest absolute Gasteiger partial charge is 0.368 e. The Hall–Kier alpha value is -0.770. The maximum atomic E-state index is 11.8. The van der Waals surface area contributed by atoms with Gasteiger partial charge < -0.3 is 5.73 Å². The van der Waals surface area contributed by atoms with Crippen molar-refractivity contribution in [3.8, 4) is 0 Å². The molecule has 0 spiro atoms. The number of carbonyl (C=O) groups is 1. The van der Waals surface area contributed by atoms with Crippen LogP contribution in [-0.2, 0) is 4.79 Å². The highest BCUT2D eigenvalue weighted by atomic mass is 35.5. The van der Waals surface area contributed by atoms with Gasteiger partial charge in [-0.25, -0.2) is 0 Å². The van der Waals surface area contributed by atoms with E-state index in [1.165, 1.54) is 25.7 Å². The molecule has 1 amide bonds. The second-order valence-electron chi connectivity index (χ2n) is 5.36. The van der Waals surface area contributed by atoms with Crippen LogP contribution < -0.4 is 11.1 Å². The van der Waals surface area contributed by atoms with E-state index in [1.54, 1.807) is 18.2 Å². The number of rotatable bonds is 4. The molecule has 0 aromatic heterocycles. The van der Waals surface area contributed by atoms with Gasteiger partial charge in [-0.15, -0.1) is 0 Å². The summed E-state index contributed by atoms with van der Waals surface area (Å²) in [6, 6.07) is 4.91. The summed E-state index contributed by atoms with van der Waals surface area (Å²) < 4.78 is 0. The van der Waals surface area contributed by atoms with Crippen LogP contribution in [0.5, 0.6) is 0 Å². The fourth-order valence-corrected chi connectivity index (χ4v) is 3.26. The van der Waals surface area contributed by atoms with Gasteiger partial charge in [0, 0.05) is 16.1 Å². The fourth-order valence-electron chi connectivity index (χ4n) is 2.74. The molecule has 1 atom stereocenters. The van der Waals surface area contributed by atoms with E-state index in [9.17, 15) is 4.79 Å². The van der Waals surface area contributed by atoms with E-state index in [1.807, 2.05) is 0 Å². The molecular weight excluding hydrogens is 295 g/mol. The molecule has 5 heteroatoms. The van der Waals surface area contributed by atoms with Crippen molar-refractivity contribution in [3.05, 3.63) is 33.8 Å². The van der Waals surface area contributed by atoms with Crippen LogP contribution in [0, 0.1) is 0 Å². The van der Waals surface area contributed by atoms with E-state index in [0.717, 1.165) is 12.8 Å². The van der Waals surface area contributed by atoms with Crippen molar-refractivity contribution >= 4 is 29.1 Å². The van der Waals surface area contributed by atoms with Crippen LogP contribution >= 0.6 is 23.2 Å². The number of amides is 1. The maximum Gasteiger partial charge on any atom is 0.239 e. The molecule has 3 nitrogen and oxygen atoms in total. The molecule has 0 radical (unpaired) electrons. The molecule has 3 N–H and O–H groups in total. The smallest absolute Gasteiger partial charge is 0.239 e. The van der Waals surface area contributed by atoms with Crippen molar-refractivity contribution in [2.75, 3.05) is 0 Å². The van der Waals surface area contributed by atoms with Crippen LogP contribution in [0.3, 0.4) is 0 Å². The number of halogens is 2. The first kappa shape index (κ1) is 15.6. The highest BCUT2D eigenvalue weighted by molar-refractivity contribution is 6.35. The summed E-state index contributed by atoms with van der Waals surface area (Å²) in [6.07, 6.45) is 7.07. The Balaban J connectivity index is 2.15. The van der Waals surface area contributed by atoms with Crippen LogP contribution in [0.1, 0.15) is 50.1 Å². The highest BCUT2D eigenvalue weighted by Gasteiger charge is 2.24. The summed E-state index contributed by atoms with van der Waals surface area (Å²) in [6.45, 7) is 0. The van der Waals surface area contributed by atoms with Gasteiger partial charge in [-0.2, -0.15) is 0 Å². The second-order valence-corrected chi connectivity index (χ2v) is 6.20. The first-order chi connectivity index (χ1) is 9.58. The number of carbonyl (C=O) groups excluding carboxylic acids is 1. The molecule has 20 heavy (non-hydrogen) atoms. The Morgan fingerprint density at radius 3 is 2.40 bits per heavy atom. The lowest BCUT2D eigenvalue weighted by molar-refractivity contribution is -0.120.